The number of sulfone groups is 1. The SMILES string of the molecule is O=C(NCC1CCS(=O)(=O)C1)c1cc(-c2ccccc2)n[nH]1. The average Bonchev–Trinajstić information content (AvgIpc) is 3.12. The lowest BCUT2D eigenvalue weighted by atomic mass is 10.1. The molecule has 3 rings (SSSR count). The molecular weight excluding hydrogens is 302 g/mol. The second kappa shape index (κ2) is 5.92. The van der Waals surface area contributed by atoms with Crippen LogP contribution in [-0.4, -0.2) is 42.6 Å². The lowest BCUT2D eigenvalue weighted by Gasteiger charge is -2.08. The second-order valence-corrected chi connectivity index (χ2v) is 7.74. The lowest BCUT2D eigenvalue weighted by molar-refractivity contribution is 0.0943. The molecule has 1 atom stereocenters. The molecule has 2 aromatic rings. The van der Waals surface area contributed by atoms with Gasteiger partial charge in [-0.2, -0.15) is 5.10 Å². The first-order valence-corrected chi connectivity index (χ1v) is 8.95. The molecule has 6 nitrogen and oxygen atoms in total. The zero-order valence-electron chi connectivity index (χ0n) is 12.0. The molecule has 1 amide bonds. The fraction of sp³-hybridized carbons (Fsp3) is 0.333. The number of nitrogens with zero attached hydrogens (tertiary/aromatic N) is 1. The van der Waals surface area contributed by atoms with E-state index in [2.05, 4.69) is 15.5 Å². The van der Waals surface area contributed by atoms with Crippen LogP contribution in [0, 0.1) is 5.92 Å². The first-order chi connectivity index (χ1) is 10.5. The summed E-state index contributed by atoms with van der Waals surface area (Å²) in [5, 5.41) is 9.61. The quantitative estimate of drug-likeness (QED) is 0.887. The van der Waals surface area contributed by atoms with Gasteiger partial charge in [0.1, 0.15) is 5.69 Å². The smallest absolute Gasteiger partial charge is 0.269 e. The van der Waals surface area contributed by atoms with E-state index >= 15 is 0 Å². The Morgan fingerprint density at radius 3 is 2.77 bits per heavy atom. The molecule has 1 saturated heterocycles. The number of hydrogen-bond acceptors (Lipinski definition) is 4. The van der Waals surface area contributed by atoms with Gasteiger partial charge < -0.3 is 5.32 Å². The summed E-state index contributed by atoms with van der Waals surface area (Å²) < 4.78 is 22.8. The third kappa shape index (κ3) is 3.36. The van der Waals surface area contributed by atoms with E-state index in [1.807, 2.05) is 30.3 Å². The number of H-pyrrole nitrogens is 1. The van der Waals surface area contributed by atoms with Crippen molar-refractivity contribution >= 4 is 15.7 Å². The number of carbonyl (C=O) groups excluding carboxylic acids is 1. The highest BCUT2D eigenvalue weighted by Crippen LogP contribution is 2.18. The van der Waals surface area contributed by atoms with Gasteiger partial charge in [0, 0.05) is 12.1 Å². The van der Waals surface area contributed by atoms with Crippen molar-refractivity contribution in [2.75, 3.05) is 18.1 Å². The molecule has 1 aromatic carbocycles. The van der Waals surface area contributed by atoms with Crippen LogP contribution in [-0.2, 0) is 9.84 Å². The van der Waals surface area contributed by atoms with Crippen LogP contribution in [0.2, 0.25) is 0 Å². The van der Waals surface area contributed by atoms with E-state index in [9.17, 15) is 13.2 Å². The first-order valence-electron chi connectivity index (χ1n) is 7.13. The number of amides is 1. The summed E-state index contributed by atoms with van der Waals surface area (Å²) >= 11 is 0. The Morgan fingerprint density at radius 2 is 2.09 bits per heavy atom. The summed E-state index contributed by atoms with van der Waals surface area (Å²) in [4.78, 5) is 12.1. The van der Waals surface area contributed by atoms with Crippen LogP contribution in [0.25, 0.3) is 11.3 Å². The van der Waals surface area contributed by atoms with Crippen molar-refractivity contribution in [2.24, 2.45) is 5.92 Å². The maximum absolute atomic E-state index is 12.1. The molecular formula is C15H17N3O3S. The monoisotopic (exact) mass is 319 g/mol. The zero-order chi connectivity index (χ0) is 15.6. The summed E-state index contributed by atoms with van der Waals surface area (Å²) in [7, 11) is -2.91. The van der Waals surface area contributed by atoms with E-state index in [0.717, 1.165) is 5.56 Å². The molecule has 0 aliphatic carbocycles. The van der Waals surface area contributed by atoms with Crippen molar-refractivity contribution in [3.63, 3.8) is 0 Å². The number of aromatic nitrogens is 2. The highest BCUT2D eigenvalue weighted by Gasteiger charge is 2.28. The summed E-state index contributed by atoms with van der Waals surface area (Å²) in [5.74, 6) is 0.116. The summed E-state index contributed by atoms with van der Waals surface area (Å²) in [6, 6.07) is 11.3. The molecule has 116 valence electrons. The topological polar surface area (TPSA) is 91.9 Å². The molecule has 1 aliphatic rings. The van der Waals surface area contributed by atoms with Gasteiger partial charge in [-0.3, -0.25) is 9.89 Å². The van der Waals surface area contributed by atoms with Gasteiger partial charge in [-0.05, 0) is 18.4 Å². The van der Waals surface area contributed by atoms with Crippen LogP contribution in [0.1, 0.15) is 16.9 Å². The highest BCUT2D eigenvalue weighted by atomic mass is 32.2. The maximum atomic E-state index is 12.1. The minimum Gasteiger partial charge on any atom is -0.350 e. The van der Waals surface area contributed by atoms with Crippen LogP contribution in [0.15, 0.2) is 36.4 Å². The van der Waals surface area contributed by atoms with Crippen LogP contribution >= 0.6 is 0 Å². The fourth-order valence-electron chi connectivity index (χ4n) is 2.56. The highest BCUT2D eigenvalue weighted by molar-refractivity contribution is 7.91. The standard InChI is InChI=1S/C15H17N3O3S/c19-15(16-9-11-6-7-22(20,21)10-11)14-8-13(17-18-14)12-4-2-1-3-5-12/h1-5,8,11H,6-7,9-10H2,(H,16,19)(H,17,18). The second-order valence-electron chi connectivity index (χ2n) is 5.51. The number of nitrogens with one attached hydrogen (secondary N) is 2. The Hall–Kier alpha value is -2.15. The Balaban J connectivity index is 1.60. The predicted octanol–water partition coefficient (Wildman–Crippen LogP) is 1.24. The van der Waals surface area contributed by atoms with E-state index in [-0.39, 0.29) is 23.3 Å². The third-order valence-electron chi connectivity index (χ3n) is 3.77. The van der Waals surface area contributed by atoms with E-state index in [1.165, 1.54) is 0 Å². The molecule has 1 fully saturated rings. The van der Waals surface area contributed by atoms with Crippen LogP contribution in [0.5, 0.6) is 0 Å². The van der Waals surface area contributed by atoms with Crippen LogP contribution in [0.4, 0.5) is 0 Å². The average molecular weight is 319 g/mol. The molecule has 0 saturated carbocycles. The van der Waals surface area contributed by atoms with E-state index in [4.69, 9.17) is 0 Å². The van der Waals surface area contributed by atoms with Crippen molar-refractivity contribution in [1.29, 1.82) is 0 Å². The van der Waals surface area contributed by atoms with Gasteiger partial charge >= 0.3 is 0 Å². The van der Waals surface area contributed by atoms with Crippen molar-refractivity contribution in [3.8, 4) is 11.3 Å². The number of carbonyl (C=O) groups is 1. The first kappa shape index (κ1) is 14.8. The Bertz CT molecular complexity index is 768. The Morgan fingerprint density at radius 1 is 1.32 bits per heavy atom. The zero-order valence-corrected chi connectivity index (χ0v) is 12.8. The minimum atomic E-state index is -2.91. The number of aromatic amines is 1. The molecule has 7 heteroatoms. The predicted molar refractivity (Wildman–Crippen MR) is 83.1 cm³/mol. The summed E-state index contributed by atoms with van der Waals surface area (Å²) in [6.45, 7) is 0.373. The van der Waals surface area contributed by atoms with Crippen LogP contribution < -0.4 is 5.32 Å². The molecule has 22 heavy (non-hydrogen) atoms. The van der Waals surface area contributed by atoms with Gasteiger partial charge in [0.2, 0.25) is 0 Å². The summed E-state index contributed by atoms with van der Waals surface area (Å²) in [5.41, 5.74) is 2.01. The van der Waals surface area contributed by atoms with Gasteiger partial charge in [0.15, 0.2) is 9.84 Å². The Kier molecular flexibility index (Phi) is 3.98. The van der Waals surface area contributed by atoms with Crippen molar-refractivity contribution in [3.05, 3.63) is 42.1 Å². The minimum absolute atomic E-state index is 0.00506. The lowest BCUT2D eigenvalue weighted by Crippen LogP contribution is -2.30. The number of hydrogen-bond donors (Lipinski definition) is 2. The molecule has 2 N–H and O–H groups in total. The summed E-state index contributed by atoms with van der Waals surface area (Å²) in [6.07, 6.45) is 0.612. The van der Waals surface area contributed by atoms with Gasteiger partial charge in [0.05, 0.1) is 17.2 Å². The fourth-order valence-corrected chi connectivity index (χ4v) is 4.42. The van der Waals surface area contributed by atoms with Crippen molar-refractivity contribution < 1.29 is 13.2 Å². The van der Waals surface area contributed by atoms with E-state index in [0.29, 0.717) is 24.4 Å². The molecule has 0 bridgehead atoms. The molecule has 0 spiro atoms. The molecule has 1 aromatic heterocycles. The molecule has 1 unspecified atom stereocenters. The molecule has 0 radical (unpaired) electrons. The van der Waals surface area contributed by atoms with E-state index in [1.54, 1.807) is 6.07 Å². The molecule has 2 heterocycles. The number of benzene rings is 1. The Labute approximate surface area is 128 Å². The van der Waals surface area contributed by atoms with Crippen LogP contribution in [0.3, 0.4) is 0 Å². The third-order valence-corrected chi connectivity index (χ3v) is 5.61. The largest absolute Gasteiger partial charge is 0.350 e. The van der Waals surface area contributed by atoms with Crippen molar-refractivity contribution in [1.82, 2.24) is 15.5 Å². The maximum Gasteiger partial charge on any atom is 0.269 e. The van der Waals surface area contributed by atoms with Gasteiger partial charge in [-0.25, -0.2) is 8.42 Å². The van der Waals surface area contributed by atoms with Gasteiger partial charge in [-0.15, -0.1) is 0 Å². The normalized spacial score (nSPS) is 19.9. The van der Waals surface area contributed by atoms with Crippen molar-refractivity contribution in [2.45, 2.75) is 6.42 Å². The van der Waals surface area contributed by atoms with Gasteiger partial charge in [-0.1, -0.05) is 30.3 Å². The molecule has 1 aliphatic heterocycles. The van der Waals surface area contributed by atoms with E-state index < -0.39 is 9.84 Å². The van der Waals surface area contributed by atoms with Gasteiger partial charge in [0.25, 0.3) is 5.91 Å². The number of rotatable bonds is 4.